The van der Waals surface area contributed by atoms with Crippen molar-refractivity contribution in [3.63, 3.8) is 0 Å². The van der Waals surface area contributed by atoms with E-state index in [9.17, 15) is 4.79 Å². The molecule has 2 fully saturated rings. The summed E-state index contributed by atoms with van der Waals surface area (Å²) in [5, 5.41) is 0. The number of carbonyl (C=O) groups excluding carboxylic acids is 1. The first kappa shape index (κ1) is 13.4. The van der Waals surface area contributed by atoms with Crippen molar-refractivity contribution in [1.29, 1.82) is 0 Å². The zero-order valence-corrected chi connectivity index (χ0v) is 13.3. The van der Waals surface area contributed by atoms with Crippen molar-refractivity contribution in [3.8, 4) is 0 Å². The lowest BCUT2D eigenvalue weighted by molar-refractivity contribution is 0.0740. The molecule has 4 heteroatoms. The quantitative estimate of drug-likeness (QED) is 0.710. The van der Waals surface area contributed by atoms with E-state index < -0.39 is 0 Å². The van der Waals surface area contributed by atoms with Crippen LogP contribution in [-0.4, -0.2) is 47.9 Å². The molecule has 2 unspecified atom stereocenters. The van der Waals surface area contributed by atoms with E-state index in [0.717, 1.165) is 28.6 Å². The molecule has 1 aromatic carbocycles. The van der Waals surface area contributed by atoms with Crippen LogP contribution in [0.3, 0.4) is 0 Å². The van der Waals surface area contributed by atoms with E-state index in [2.05, 4.69) is 34.5 Å². The van der Waals surface area contributed by atoms with Crippen LogP contribution >= 0.6 is 22.6 Å². The smallest absolute Gasteiger partial charge is 0.253 e. The molecule has 2 saturated heterocycles. The van der Waals surface area contributed by atoms with Gasteiger partial charge in [-0.15, -0.1) is 0 Å². The molecule has 0 N–H and O–H groups in total. The Morgan fingerprint density at radius 2 is 2.05 bits per heavy atom. The minimum absolute atomic E-state index is 0.194. The lowest BCUT2D eigenvalue weighted by Gasteiger charge is -2.26. The number of rotatable bonds is 1. The van der Waals surface area contributed by atoms with E-state index >= 15 is 0 Å². The summed E-state index contributed by atoms with van der Waals surface area (Å²) in [4.78, 5) is 17.1. The molecular formula is C15H19IN2O. The number of amides is 1. The number of likely N-dealkylation sites (tertiary alicyclic amines) is 1. The van der Waals surface area contributed by atoms with Crippen LogP contribution in [0, 0.1) is 3.57 Å². The van der Waals surface area contributed by atoms with Gasteiger partial charge >= 0.3 is 0 Å². The second-order valence-corrected chi connectivity index (χ2v) is 6.85. The topological polar surface area (TPSA) is 23.6 Å². The third-order valence-electron chi connectivity index (χ3n) is 4.51. The summed E-state index contributed by atoms with van der Waals surface area (Å²) in [6.07, 6.45) is 3.65. The Morgan fingerprint density at radius 3 is 2.84 bits per heavy atom. The Kier molecular flexibility index (Phi) is 3.80. The summed E-state index contributed by atoms with van der Waals surface area (Å²) >= 11 is 2.26. The number of carbonyl (C=O) groups is 1. The first-order valence-corrected chi connectivity index (χ1v) is 8.00. The maximum atomic E-state index is 12.6. The van der Waals surface area contributed by atoms with Crippen LogP contribution in [0.1, 0.15) is 29.6 Å². The zero-order valence-electron chi connectivity index (χ0n) is 11.2. The van der Waals surface area contributed by atoms with Crippen molar-refractivity contribution in [2.24, 2.45) is 0 Å². The van der Waals surface area contributed by atoms with Crippen LogP contribution in [-0.2, 0) is 0 Å². The van der Waals surface area contributed by atoms with Crippen molar-refractivity contribution in [2.75, 3.05) is 20.1 Å². The van der Waals surface area contributed by atoms with Gasteiger partial charge in [-0.3, -0.25) is 9.69 Å². The second kappa shape index (κ2) is 5.40. The highest BCUT2D eigenvalue weighted by molar-refractivity contribution is 14.1. The van der Waals surface area contributed by atoms with E-state index in [-0.39, 0.29) is 5.91 Å². The highest BCUT2D eigenvalue weighted by atomic mass is 127. The molecule has 0 radical (unpaired) electrons. The van der Waals surface area contributed by atoms with Crippen LogP contribution in [0.2, 0.25) is 0 Å². The van der Waals surface area contributed by atoms with Crippen molar-refractivity contribution in [2.45, 2.75) is 31.3 Å². The van der Waals surface area contributed by atoms with Crippen LogP contribution in [0.5, 0.6) is 0 Å². The largest absolute Gasteiger partial charge is 0.337 e. The average Bonchev–Trinajstić information content (AvgIpc) is 2.62. The third-order valence-corrected chi connectivity index (χ3v) is 5.18. The van der Waals surface area contributed by atoms with Gasteiger partial charge in [0.1, 0.15) is 0 Å². The number of halogens is 1. The van der Waals surface area contributed by atoms with E-state index in [4.69, 9.17) is 0 Å². The molecule has 2 aliphatic rings. The van der Waals surface area contributed by atoms with Crippen molar-refractivity contribution in [1.82, 2.24) is 9.80 Å². The van der Waals surface area contributed by atoms with Gasteiger partial charge in [-0.2, -0.15) is 0 Å². The first-order valence-electron chi connectivity index (χ1n) is 6.92. The lowest BCUT2D eigenvalue weighted by Crippen LogP contribution is -2.39. The summed E-state index contributed by atoms with van der Waals surface area (Å²) in [5.41, 5.74) is 0.826. The van der Waals surface area contributed by atoms with Gasteiger partial charge in [0.15, 0.2) is 0 Å². The van der Waals surface area contributed by atoms with Crippen LogP contribution in [0.15, 0.2) is 24.3 Å². The maximum absolute atomic E-state index is 12.6. The summed E-state index contributed by atoms with van der Waals surface area (Å²) in [7, 11) is 2.21. The molecule has 102 valence electrons. The first-order chi connectivity index (χ1) is 9.15. The fourth-order valence-electron chi connectivity index (χ4n) is 3.30. The van der Waals surface area contributed by atoms with Gasteiger partial charge < -0.3 is 4.90 Å². The minimum atomic E-state index is 0.194. The van der Waals surface area contributed by atoms with Crippen molar-refractivity contribution < 1.29 is 4.79 Å². The molecule has 3 nitrogen and oxygen atoms in total. The van der Waals surface area contributed by atoms with Gasteiger partial charge in [-0.25, -0.2) is 0 Å². The molecule has 0 aliphatic carbocycles. The molecule has 0 spiro atoms. The monoisotopic (exact) mass is 370 g/mol. The van der Waals surface area contributed by atoms with Gasteiger partial charge in [0.25, 0.3) is 5.91 Å². The third kappa shape index (κ3) is 2.65. The fraction of sp³-hybridized carbons (Fsp3) is 0.533. The number of fused-ring (bicyclic) bond motifs is 2. The highest BCUT2D eigenvalue weighted by Crippen LogP contribution is 2.29. The molecule has 19 heavy (non-hydrogen) atoms. The molecule has 2 bridgehead atoms. The van der Waals surface area contributed by atoms with Crippen molar-refractivity contribution >= 4 is 28.5 Å². The van der Waals surface area contributed by atoms with Crippen molar-refractivity contribution in [3.05, 3.63) is 33.4 Å². The average molecular weight is 370 g/mol. The normalized spacial score (nSPS) is 27.4. The van der Waals surface area contributed by atoms with E-state index in [0.29, 0.717) is 12.1 Å². The predicted octanol–water partition coefficient (Wildman–Crippen LogP) is 2.60. The predicted molar refractivity (Wildman–Crippen MR) is 84.3 cm³/mol. The minimum Gasteiger partial charge on any atom is -0.337 e. The Labute approximate surface area is 128 Å². The highest BCUT2D eigenvalue weighted by Gasteiger charge is 2.36. The maximum Gasteiger partial charge on any atom is 0.253 e. The molecule has 2 atom stereocenters. The Balaban J connectivity index is 1.77. The van der Waals surface area contributed by atoms with Gasteiger partial charge in [-0.1, -0.05) is 6.07 Å². The van der Waals surface area contributed by atoms with Gasteiger partial charge in [0.2, 0.25) is 0 Å². The molecule has 1 aromatic rings. The van der Waals surface area contributed by atoms with Gasteiger partial charge in [0, 0.05) is 34.3 Å². The molecule has 1 amide bonds. The number of hydrogen-bond acceptors (Lipinski definition) is 2. The number of nitrogens with zero attached hydrogens (tertiary/aromatic N) is 2. The summed E-state index contributed by atoms with van der Waals surface area (Å²) in [6.45, 7) is 1.78. The fourth-order valence-corrected chi connectivity index (χ4v) is 3.84. The number of likely N-dealkylation sites (N-methyl/N-ethyl adjacent to an activating group) is 1. The van der Waals surface area contributed by atoms with Crippen LogP contribution < -0.4 is 0 Å². The Morgan fingerprint density at radius 1 is 1.26 bits per heavy atom. The Hall–Kier alpha value is -0.620. The summed E-state index contributed by atoms with van der Waals surface area (Å²) < 4.78 is 1.12. The second-order valence-electron chi connectivity index (χ2n) is 5.60. The number of hydrogen-bond donors (Lipinski definition) is 0. The van der Waals surface area contributed by atoms with Gasteiger partial charge in [0.05, 0.1) is 0 Å². The van der Waals surface area contributed by atoms with E-state index in [1.165, 1.54) is 12.8 Å². The van der Waals surface area contributed by atoms with Crippen LogP contribution in [0.4, 0.5) is 0 Å². The van der Waals surface area contributed by atoms with E-state index in [1.54, 1.807) is 0 Å². The van der Waals surface area contributed by atoms with Crippen LogP contribution in [0.25, 0.3) is 0 Å². The zero-order chi connectivity index (χ0) is 13.4. The van der Waals surface area contributed by atoms with E-state index in [1.807, 2.05) is 29.2 Å². The molecule has 0 saturated carbocycles. The standard InChI is InChI=1S/C15H19IN2O/c1-17-13-5-6-14(17)10-18(8-7-13)15(19)11-3-2-4-12(16)9-11/h2-4,9,13-14H,5-8,10H2,1H3. The summed E-state index contributed by atoms with van der Waals surface area (Å²) in [5.74, 6) is 0.194. The molecule has 2 heterocycles. The number of benzene rings is 1. The molecular weight excluding hydrogens is 351 g/mol. The Bertz CT molecular complexity index is 491. The molecule has 3 rings (SSSR count). The van der Waals surface area contributed by atoms with Gasteiger partial charge in [-0.05, 0) is 67.1 Å². The lowest BCUT2D eigenvalue weighted by atomic mass is 10.1. The summed E-state index contributed by atoms with van der Waals surface area (Å²) in [6, 6.07) is 9.13. The molecule has 0 aromatic heterocycles. The SMILES string of the molecule is CN1C2CCC1CN(C(=O)c1cccc(I)c1)CC2. The molecule has 2 aliphatic heterocycles.